The van der Waals surface area contributed by atoms with Gasteiger partial charge in [0.15, 0.2) is 0 Å². The van der Waals surface area contributed by atoms with Gasteiger partial charge in [0.1, 0.15) is 5.65 Å². The van der Waals surface area contributed by atoms with Gasteiger partial charge >= 0.3 is 5.97 Å². The van der Waals surface area contributed by atoms with Gasteiger partial charge in [-0.2, -0.15) is 0 Å². The third kappa shape index (κ3) is 6.53. The first kappa shape index (κ1) is 28.6. The summed E-state index contributed by atoms with van der Waals surface area (Å²) in [6.07, 6.45) is 2.55. The maximum atomic E-state index is 12.8. The number of aromatic amines is 1. The summed E-state index contributed by atoms with van der Waals surface area (Å²) in [6, 6.07) is 16.2. The molecule has 5 rings (SSSR count). The molecule has 1 aliphatic heterocycles. The molecule has 1 fully saturated rings. The van der Waals surface area contributed by atoms with Gasteiger partial charge in [-0.25, -0.2) is 14.1 Å². The average Bonchev–Trinajstić information content (AvgIpc) is 3.34. The number of nitrogens with one attached hydrogen (secondary N) is 2. The van der Waals surface area contributed by atoms with Gasteiger partial charge in [0.2, 0.25) is 5.91 Å². The van der Waals surface area contributed by atoms with Gasteiger partial charge in [-0.3, -0.25) is 4.79 Å². The number of piperazine rings is 1. The molecule has 0 saturated carbocycles. The number of ether oxygens (including phenoxy) is 1. The molecule has 0 unspecified atom stereocenters. The topological polar surface area (TPSA) is 90.6 Å². The zero-order valence-corrected chi connectivity index (χ0v) is 24.7. The van der Waals surface area contributed by atoms with E-state index in [9.17, 15) is 9.59 Å². The monoisotopic (exact) mass is 569 g/mol. The number of carbonyl (C=O) groups is 2. The summed E-state index contributed by atoms with van der Waals surface area (Å²) in [7, 11) is 2.16. The Morgan fingerprint density at radius 2 is 1.78 bits per heavy atom. The summed E-state index contributed by atoms with van der Waals surface area (Å²) in [6.45, 7) is 13.3. The number of pyridine rings is 1. The Morgan fingerprint density at radius 1 is 1.07 bits per heavy atom. The highest BCUT2D eigenvalue weighted by atomic mass is 32.2. The largest absolute Gasteiger partial charge is 0.459 e. The van der Waals surface area contributed by atoms with Crippen molar-refractivity contribution in [2.24, 2.45) is 0 Å². The molecule has 1 saturated heterocycles. The first-order valence-corrected chi connectivity index (χ1v) is 14.5. The smallest absolute Gasteiger partial charge is 0.339 e. The Balaban J connectivity index is 1.58. The number of hydrogen-bond acceptors (Lipinski definition) is 7. The number of benzene rings is 2. The van der Waals surface area contributed by atoms with E-state index in [1.807, 2.05) is 45.0 Å². The maximum Gasteiger partial charge on any atom is 0.339 e. The van der Waals surface area contributed by atoms with Crippen LogP contribution in [0.15, 0.2) is 72.3 Å². The highest BCUT2D eigenvalue weighted by Crippen LogP contribution is 2.40. The SMILES string of the molecule is C=CC(=O)Nc1cc(-c2c(-c3ccc(SN4CCN(C)CC4)cc3)[nH]c3ncc(C(=O)OC(C)C)cc23)ccc1C. The van der Waals surface area contributed by atoms with Crippen molar-refractivity contribution in [1.29, 1.82) is 0 Å². The van der Waals surface area contributed by atoms with E-state index in [1.54, 1.807) is 11.9 Å². The highest BCUT2D eigenvalue weighted by molar-refractivity contribution is 7.97. The summed E-state index contributed by atoms with van der Waals surface area (Å²) in [5.41, 5.74) is 6.29. The number of H-pyrrole nitrogens is 1. The number of rotatable bonds is 8. The molecule has 1 aliphatic rings. The van der Waals surface area contributed by atoms with E-state index in [4.69, 9.17) is 4.74 Å². The molecular formula is C32H35N5O3S. The summed E-state index contributed by atoms with van der Waals surface area (Å²) >= 11 is 1.78. The van der Waals surface area contributed by atoms with E-state index in [-0.39, 0.29) is 12.0 Å². The Hall–Kier alpha value is -3.92. The molecule has 41 heavy (non-hydrogen) atoms. The minimum Gasteiger partial charge on any atom is -0.459 e. The van der Waals surface area contributed by atoms with Crippen LogP contribution in [0.4, 0.5) is 5.69 Å². The number of amides is 1. The number of fused-ring (bicyclic) bond motifs is 1. The van der Waals surface area contributed by atoms with E-state index in [0.717, 1.165) is 59.5 Å². The minimum absolute atomic E-state index is 0.241. The van der Waals surface area contributed by atoms with E-state index < -0.39 is 5.97 Å². The molecule has 3 heterocycles. The molecule has 0 atom stereocenters. The van der Waals surface area contributed by atoms with Crippen molar-refractivity contribution in [2.75, 3.05) is 38.5 Å². The molecule has 1 amide bonds. The third-order valence-corrected chi connectivity index (χ3v) is 8.14. The Labute approximate surface area is 244 Å². The summed E-state index contributed by atoms with van der Waals surface area (Å²) < 4.78 is 7.84. The van der Waals surface area contributed by atoms with Gasteiger partial charge in [0.05, 0.1) is 17.4 Å². The fourth-order valence-corrected chi connectivity index (χ4v) is 5.69. The normalized spacial score (nSPS) is 14.4. The van der Waals surface area contributed by atoms with Crippen LogP contribution in [0.2, 0.25) is 0 Å². The van der Waals surface area contributed by atoms with Gasteiger partial charge in [0, 0.05) is 53.9 Å². The summed E-state index contributed by atoms with van der Waals surface area (Å²) in [4.78, 5) is 36.5. The van der Waals surface area contributed by atoms with Crippen molar-refractivity contribution in [2.45, 2.75) is 31.8 Å². The molecule has 8 nitrogen and oxygen atoms in total. The Morgan fingerprint density at radius 3 is 2.46 bits per heavy atom. The Kier molecular flexibility index (Phi) is 8.58. The van der Waals surface area contributed by atoms with Crippen LogP contribution in [-0.4, -0.2) is 70.4 Å². The molecular weight excluding hydrogens is 534 g/mol. The molecule has 0 bridgehead atoms. The van der Waals surface area contributed by atoms with Crippen LogP contribution in [0, 0.1) is 6.92 Å². The lowest BCUT2D eigenvalue weighted by molar-refractivity contribution is -0.111. The van der Waals surface area contributed by atoms with Gasteiger partial charge in [-0.15, -0.1) is 0 Å². The number of nitrogens with zero attached hydrogens (tertiary/aromatic N) is 3. The maximum absolute atomic E-state index is 12.8. The molecule has 2 N–H and O–H groups in total. The van der Waals surface area contributed by atoms with Crippen LogP contribution in [0.5, 0.6) is 0 Å². The second-order valence-electron chi connectivity index (χ2n) is 10.5. The molecule has 2 aromatic heterocycles. The fraction of sp³-hybridized carbons (Fsp3) is 0.281. The van der Waals surface area contributed by atoms with Crippen LogP contribution >= 0.6 is 11.9 Å². The van der Waals surface area contributed by atoms with Crippen LogP contribution in [0.25, 0.3) is 33.4 Å². The van der Waals surface area contributed by atoms with Crippen molar-refractivity contribution in [3.05, 3.63) is 78.5 Å². The number of aryl methyl sites for hydroxylation is 1. The van der Waals surface area contributed by atoms with E-state index in [0.29, 0.717) is 16.9 Å². The number of aromatic nitrogens is 2. The van der Waals surface area contributed by atoms with Crippen LogP contribution in [-0.2, 0) is 9.53 Å². The van der Waals surface area contributed by atoms with Gasteiger partial charge < -0.3 is 19.9 Å². The average molecular weight is 570 g/mol. The standard InChI is InChI=1S/C32H35N5O3S/c1-6-28(38)34-27-18-23(8-7-21(27)4)29-26-17-24(32(39)40-20(2)3)19-33-31(26)35-30(29)22-9-11-25(12-10-22)41-37-15-13-36(5)14-16-37/h6-12,17-20H,1,13-16H2,2-5H3,(H,33,35)(H,34,38). The lowest BCUT2D eigenvalue weighted by atomic mass is 9.97. The van der Waals surface area contributed by atoms with Crippen LogP contribution < -0.4 is 5.32 Å². The second kappa shape index (κ2) is 12.3. The third-order valence-electron chi connectivity index (χ3n) is 7.04. The van der Waals surface area contributed by atoms with Crippen molar-refractivity contribution >= 4 is 40.5 Å². The minimum atomic E-state index is -0.420. The highest BCUT2D eigenvalue weighted by Gasteiger charge is 2.21. The van der Waals surface area contributed by atoms with Crippen molar-refractivity contribution in [3.63, 3.8) is 0 Å². The predicted molar refractivity (Wildman–Crippen MR) is 166 cm³/mol. The number of esters is 1. The Bertz CT molecular complexity index is 1590. The molecule has 0 spiro atoms. The zero-order valence-electron chi connectivity index (χ0n) is 23.9. The molecule has 9 heteroatoms. The quantitative estimate of drug-likeness (QED) is 0.149. The van der Waals surface area contributed by atoms with Crippen LogP contribution in [0.3, 0.4) is 0 Å². The number of hydrogen-bond donors (Lipinski definition) is 2. The number of anilines is 1. The number of carbonyl (C=O) groups excluding carboxylic acids is 2. The lowest BCUT2D eigenvalue weighted by Gasteiger charge is -2.31. The number of likely N-dealkylation sites (N-methyl/N-ethyl adjacent to an activating group) is 1. The van der Waals surface area contributed by atoms with Crippen molar-refractivity contribution < 1.29 is 14.3 Å². The van der Waals surface area contributed by atoms with Crippen molar-refractivity contribution in [3.8, 4) is 22.4 Å². The molecule has 2 aromatic carbocycles. The fourth-order valence-electron chi connectivity index (χ4n) is 4.79. The van der Waals surface area contributed by atoms with E-state index in [1.165, 1.54) is 17.2 Å². The molecule has 0 aliphatic carbocycles. The molecule has 4 aromatic rings. The summed E-state index contributed by atoms with van der Waals surface area (Å²) in [5, 5.41) is 3.69. The predicted octanol–water partition coefficient (Wildman–Crippen LogP) is 6.15. The van der Waals surface area contributed by atoms with E-state index in [2.05, 4.69) is 62.4 Å². The second-order valence-corrected chi connectivity index (χ2v) is 11.7. The lowest BCUT2D eigenvalue weighted by Crippen LogP contribution is -2.40. The molecule has 212 valence electrons. The molecule has 0 radical (unpaired) electrons. The van der Waals surface area contributed by atoms with Crippen LogP contribution in [0.1, 0.15) is 29.8 Å². The summed E-state index contributed by atoms with van der Waals surface area (Å²) in [5.74, 6) is -0.700. The van der Waals surface area contributed by atoms with Gasteiger partial charge in [0.25, 0.3) is 0 Å². The van der Waals surface area contributed by atoms with Gasteiger partial charge in [-0.05, 0) is 86.8 Å². The first-order chi connectivity index (χ1) is 19.7. The van der Waals surface area contributed by atoms with Gasteiger partial charge in [-0.1, -0.05) is 30.8 Å². The van der Waals surface area contributed by atoms with Crippen molar-refractivity contribution in [1.82, 2.24) is 19.2 Å². The van der Waals surface area contributed by atoms with E-state index >= 15 is 0 Å². The zero-order chi connectivity index (χ0) is 29.1. The first-order valence-electron chi connectivity index (χ1n) is 13.7.